The molecule has 3 aromatic rings. The van der Waals surface area contributed by atoms with Crippen molar-refractivity contribution < 1.29 is 23.5 Å². The number of carbonyl (C=O) groups is 1. The van der Waals surface area contributed by atoms with E-state index in [1.807, 2.05) is 19.1 Å². The van der Waals surface area contributed by atoms with Gasteiger partial charge in [0.25, 0.3) is 5.89 Å². The highest BCUT2D eigenvalue weighted by atomic mass is 16.6. The molecule has 2 aromatic heterocycles. The average molecular weight is 369 g/mol. The van der Waals surface area contributed by atoms with Crippen molar-refractivity contribution in [2.24, 2.45) is 0 Å². The summed E-state index contributed by atoms with van der Waals surface area (Å²) in [6, 6.07) is 10.7. The summed E-state index contributed by atoms with van der Waals surface area (Å²) >= 11 is 0. The van der Waals surface area contributed by atoms with E-state index in [1.165, 1.54) is 0 Å². The van der Waals surface area contributed by atoms with E-state index in [-0.39, 0.29) is 12.5 Å². The Labute approximate surface area is 156 Å². The Bertz CT molecular complexity index is 882. The van der Waals surface area contributed by atoms with Gasteiger partial charge in [0.15, 0.2) is 24.2 Å². The Balaban J connectivity index is 1.56. The maximum Gasteiger partial charge on any atom is 0.344 e. The van der Waals surface area contributed by atoms with Gasteiger partial charge in [0.05, 0.1) is 6.61 Å². The van der Waals surface area contributed by atoms with Gasteiger partial charge in [-0.15, -0.1) is 0 Å². The summed E-state index contributed by atoms with van der Waals surface area (Å²) in [6.45, 7) is 3.75. The van der Waals surface area contributed by atoms with E-state index in [0.717, 1.165) is 0 Å². The average Bonchev–Trinajstić information content (AvgIpc) is 3.19. The van der Waals surface area contributed by atoms with Crippen molar-refractivity contribution in [3.63, 3.8) is 0 Å². The lowest BCUT2D eigenvalue weighted by molar-refractivity contribution is -0.152. The molecule has 27 heavy (non-hydrogen) atoms. The molecular weight excluding hydrogens is 350 g/mol. The second-order valence-corrected chi connectivity index (χ2v) is 5.50. The van der Waals surface area contributed by atoms with E-state index < -0.39 is 12.1 Å². The number of aromatic nitrogens is 3. The molecule has 2 heterocycles. The monoisotopic (exact) mass is 369 g/mol. The van der Waals surface area contributed by atoms with Crippen LogP contribution in [-0.4, -0.2) is 34.3 Å². The molecule has 8 heteroatoms. The van der Waals surface area contributed by atoms with Crippen LogP contribution in [0.5, 0.6) is 11.5 Å². The van der Waals surface area contributed by atoms with Crippen molar-refractivity contribution in [3.05, 3.63) is 54.7 Å². The van der Waals surface area contributed by atoms with E-state index in [4.69, 9.17) is 18.7 Å². The molecular formula is C19H19N3O5. The number of benzene rings is 1. The Kier molecular flexibility index (Phi) is 5.98. The molecule has 3 rings (SSSR count). The van der Waals surface area contributed by atoms with E-state index in [2.05, 4.69) is 15.1 Å². The van der Waals surface area contributed by atoms with Crippen LogP contribution in [-0.2, 0) is 9.53 Å². The van der Waals surface area contributed by atoms with Crippen LogP contribution in [0.25, 0.3) is 11.4 Å². The molecule has 0 spiro atoms. The third-order valence-corrected chi connectivity index (χ3v) is 3.51. The predicted molar refractivity (Wildman–Crippen MR) is 95.1 cm³/mol. The molecule has 1 atom stereocenters. The summed E-state index contributed by atoms with van der Waals surface area (Å²) in [5.74, 6) is 1.05. The van der Waals surface area contributed by atoms with Gasteiger partial charge in [-0.05, 0) is 38.1 Å². The van der Waals surface area contributed by atoms with E-state index in [1.54, 1.807) is 43.6 Å². The second-order valence-electron chi connectivity index (χ2n) is 5.50. The number of hydrogen-bond acceptors (Lipinski definition) is 8. The number of nitrogens with zero attached hydrogens (tertiary/aromatic N) is 3. The number of para-hydroxylation sites is 2. The van der Waals surface area contributed by atoms with Crippen molar-refractivity contribution in [3.8, 4) is 22.9 Å². The van der Waals surface area contributed by atoms with Crippen LogP contribution in [0.3, 0.4) is 0 Å². The summed E-state index contributed by atoms with van der Waals surface area (Å²) in [4.78, 5) is 20.3. The first kappa shape index (κ1) is 18.4. The van der Waals surface area contributed by atoms with Crippen molar-refractivity contribution in [1.82, 2.24) is 15.1 Å². The predicted octanol–water partition coefficient (Wildman–Crippen LogP) is 3.21. The first-order chi connectivity index (χ1) is 13.2. The quantitative estimate of drug-likeness (QED) is 0.558. The molecule has 0 aliphatic carbocycles. The molecule has 0 N–H and O–H groups in total. The molecule has 0 radical (unpaired) electrons. The summed E-state index contributed by atoms with van der Waals surface area (Å²) in [5.41, 5.74) is 0.710. The lowest BCUT2D eigenvalue weighted by Gasteiger charge is -2.12. The highest BCUT2D eigenvalue weighted by Gasteiger charge is 2.20. The summed E-state index contributed by atoms with van der Waals surface area (Å²) in [5, 5.41) is 3.88. The van der Waals surface area contributed by atoms with Crippen LogP contribution in [0.1, 0.15) is 25.8 Å². The first-order valence-corrected chi connectivity index (χ1v) is 8.45. The molecule has 0 aliphatic heterocycles. The summed E-state index contributed by atoms with van der Waals surface area (Å²) < 4.78 is 21.4. The molecule has 0 amide bonds. The lowest BCUT2D eigenvalue weighted by atomic mass is 10.3. The smallest absolute Gasteiger partial charge is 0.344 e. The standard InChI is InChI=1S/C19H19N3O5/c1-3-24-15-8-4-5-9-16(15)25-12-17(23)26-13(2)19-21-18(22-27-19)14-7-6-10-20-11-14/h4-11,13H,3,12H2,1-2H3. The molecule has 140 valence electrons. The number of ether oxygens (including phenoxy) is 3. The van der Waals surface area contributed by atoms with Gasteiger partial charge in [-0.3, -0.25) is 4.98 Å². The largest absolute Gasteiger partial charge is 0.490 e. The fourth-order valence-electron chi connectivity index (χ4n) is 2.28. The number of carbonyl (C=O) groups excluding carboxylic acids is 1. The Morgan fingerprint density at radius 2 is 1.93 bits per heavy atom. The third-order valence-electron chi connectivity index (χ3n) is 3.51. The number of hydrogen-bond donors (Lipinski definition) is 0. The van der Waals surface area contributed by atoms with Crippen LogP contribution in [0.4, 0.5) is 0 Å². The van der Waals surface area contributed by atoms with Gasteiger partial charge in [0.2, 0.25) is 5.82 Å². The van der Waals surface area contributed by atoms with Gasteiger partial charge in [-0.25, -0.2) is 4.79 Å². The van der Waals surface area contributed by atoms with Crippen LogP contribution >= 0.6 is 0 Å². The van der Waals surface area contributed by atoms with Gasteiger partial charge in [0.1, 0.15) is 0 Å². The van der Waals surface area contributed by atoms with Crippen LogP contribution in [0, 0.1) is 0 Å². The minimum Gasteiger partial charge on any atom is -0.490 e. The van der Waals surface area contributed by atoms with Crippen LogP contribution in [0.2, 0.25) is 0 Å². The summed E-state index contributed by atoms with van der Waals surface area (Å²) in [6.07, 6.45) is 2.56. The molecule has 0 aliphatic rings. The zero-order chi connectivity index (χ0) is 19.1. The van der Waals surface area contributed by atoms with Gasteiger partial charge >= 0.3 is 5.97 Å². The topological polar surface area (TPSA) is 96.6 Å². The normalized spacial score (nSPS) is 11.6. The third kappa shape index (κ3) is 4.81. The van der Waals surface area contributed by atoms with Crippen LogP contribution < -0.4 is 9.47 Å². The number of pyridine rings is 1. The van der Waals surface area contributed by atoms with Crippen molar-refractivity contribution >= 4 is 5.97 Å². The molecule has 8 nitrogen and oxygen atoms in total. The first-order valence-electron chi connectivity index (χ1n) is 8.45. The van der Waals surface area contributed by atoms with Crippen molar-refractivity contribution in [1.29, 1.82) is 0 Å². The zero-order valence-corrected chi connectivity index (χ0v) is 15.0. The van der Waals surface area contributed by atoms with Gasteiger partial charge < -0.3 is 18.7 Å². The highest BCUT2D eigenvalue weighted by molar-refractivity contribution is 5.71. The Hall–Kier alpha value is -3.42. The second kappa shape index (κ2) is 8.79. The van der Waals surface area contributed by atoms with E-state index in [9.17, 15) is 4.79 Å². The van der Waals surface area contributed by atoms with E-state index >= 15 is 0 Å². The molecule has 0 fully saturated rings. The highest BCUT2D eigenvalue weighted by Crippen LogP contribution is 2.26. The summed E-state index contributed by atoms with van der Waals surface area (Å²) in [7, 11) is 0. The van der Waals surface area contributed by atoms with E-state index in [0.29, 0.717) is 29.5 Å². The van der Waals surface area contributed by atoms with Gasteiger partial charge in [0, 0.05) is 18.0 Å². The van der Waals surface area contributed by atoms with Crippen LogP contribution in [0.15, 0.2) is 53.3 Å². The molecule has 0 saturated carbocycles. The van der Waals surface area contributed by atoms with Gasteiger partial charge in [-0.1, -0.05) is 17.3 Å². The minimum absolute atomic E-state index is 0.192. The molecule has 1 unspecified atom stereocenters. The maximum atomic E-state index is 12.1. The fraction of sp³-hybridized carbons (Fsp3) is 0.263. The number of rotatable bonds is 8. The molecule has 0 saturated heterocycles. The fourth-order valence-corrected chi connectivity index (χ4v) is 2.28. The van der Waals surface area contributed by atoms with Crippen molar-refractivity contribution in [2.75, 3.05) is 13.2 Å². The maximum absolute atomic E-state index is 12.1. The molecule has 0 bridgehead atoms. The molecule has 1 aromatic carbocycles. The Morgan fingerprint density at radius 3 is 2.63 bits per heavy atom. The minimum atomic E-state index is -0.707. The zero-order valence-electron chi connectivity index (χ0n) is 15.0. The lowest BCUT2D eigenvalue weighted by Crippen LogP contribution is -2.17. The Morgan fingerprint density at radius 1 is 1.15 bits per heavy atom. The van der Waals surface area contributed by atoms with Gasteiger partial charge in [-0.2, -0.15) is 4.98 Å². The SMILES string of the molecule is CCOc1ccccc1OCC(=O)OC(C)c1nc(-c2cccnc2)no1. The van der Waals surface area contributed by atoms with Crippen molar-refractivity contribution in [2.45, 2.75) is 20.0 Å². The number of esters is 1.